The van der Waals surface area contributed by atoms with Gasteiger partial charge in [-0.1, -0.05) is 0 Å². The van der Waals surface area contributed by atoms with Gasteiger partial charge in [0, 0.05) is 12.6 Å². The fraction of sp³-hybridized carbons (Fsp3) is 0.444. The number of hydrogen-bond acceptors (Lipinski definition) is 4. The molecule has 2 N–H and O–H groups in total. The first-order valence-corrected chi connectivity index (χ1v) is 4.14. The number of ether oxygens (including phenoxy) is 1. The first-order valence-electron chi connectivity index (χ1n) is 4.14. The van der Waals surface area contributed by atoms with Crippen molar-refractivity contribution in [3.05, 3.63) is 18.3 Å². The largest absolute Gasteiger partial charge is 0.481 e. The van der Waals surface area contributed by atoms with E-state index in [1.165, 1.54) is 0 Å². The lowest BCUT2D eigenvalue weighted by molar-refractivity contribution is 0.208. The Morgan fingerprint density at radius 2 is 2.38 bits per heavy atom. The Labute approximate surface area is 77.6 Å². The van der Waals surface area contributed by atoms with Crippen molar-refractivity contribution >= 4 is 5.69 Å². The molecule has 0 fully saturated rings. The monoisotopic (exact) mass is 182 g/mol. The zero-order chi connectivity index (χ0) is 9.68. The van der Waals surface area contributed by atoms with Crippen molar-refractivity contribution in [2.24, 2.45) is 0 Å². The van der Waals surface area contributed by atoms with Crippen LogP contribution in [0.25, 0.3) is 0 Å². The highest BCUT2D eigenvalue weighted by Gasteiger charge is 1.96. The van der Waals surface area contributed by atoms with Crippen LogP contribution in [0.15, 0.2) is 18.3 Å². The van der Waals surface area contributed by atoms with Gasteiger partial charge in [0.25, 0.3) is 0 Å². The summed E-state index contributed by atoms with van der Waals surface area (Å²) in [5, 5.41) is 12.0. The number of rotatable bonds is 4. The molecule has 4 nitrogen and oxygen atoms in total. The van der Waals surface area contributed by atoms with Gasteiger partial charge in [0.2, 0.25) is 5.88 Å². The molecule has 1 rings (SSSR count). The molecule has 1 aromatic heterocycles. The molecule has 0 saturated heterocycles. The second-order valence-electron chi connectivity index (χ2n) is 2.82. The number of nitrogens with one attached hydrogen (secondary N) is 1. The van der Waals surface area contributed by atoms with E-state index >= 15 is 0 Å². The maximum atomic E-state index is 9.01. The van der Waals surface area contributed by atoms with Crippen molar-refractivity contribution in [2.75, 3.05) is 19.0 Å². The number of aliphatic hydroxyl groups excluding tert-OH is 1. The van der Waals surface area contributed by atoms with Gasteiger partial charge >= 0.3 is 0 Å². The van der Waals surface area contributed by atoms with Gasteiger partial charge < -0.3 is 15.2 Å². The third-order valence-electron chi connectivity index (χ3n) is 1.55. The van der Waals surface area contributed by atoms with E-state index in [1.54, 1.807) is 26.3 Å². The summed E-state index contributed by atoms with van der Waals surface area (Å²) in [6.45, 7) is 2.25. The van der Waals surface area contributed by atoms with Crippen LogP contribution in [0.1, 0.15) is 6.92 Å². The molecule has 1 atom stereocenters. The normalized spacial score (nSPS) is 12.2. The van der Waals surface area contributed by atoms with Crippen LogP contribution >= 0.6 is 0 Å². The summed E-state index contributed by atoms with van der Waals surface area (Å²) in [4.78, 5) is 4.01. The maximum Gasteiger partial charge on any atom is 0.213 e. The van der Waals surface area contributed by atoms with E-state index in [0.717, 1.165) is 5.69 Å². The van der Waals surface area contributed by atoms with Gasteiger partial charge in [-0.05, 0) is 13.0 Å². The highest BCUT2D eigenvalue weighted by Crippen LogP contribution is 2.10. The SMILES string of the molecule is COc1ccc(NC[C@H](C)O)cn1. The lowest BCUT2D eigenvalue weighted by atomic mass is 10.3. The van der Waals surface area contributed by atoms with Gasteiger partial charge in [0.15, 0.2) is 0 Å². The van der Waals surface area contributed by atoms with Crippen LogP contribution in [0, 0.1) is 0 Å². The zero-order valence-electron chi connectivity index (χ0n) is 7.82. The van der Waals surface area contributed by atoms with E-state index in [-0.39, 0.29) is 6.10 Å². The van der Waals surface area contributed by atoms with Crippen LogP contribution in [0.2, 0.25) is 0 Å². The summed E-state index contributed by atoms with van der Waals surface area (Å²) in [7, 11) is 1.57. The molecular weight excluding hydrogens is 168 g/mol. The Bertz CT molecular complexity index is 246. The Morgan fingerprint density at radius 3 is 2.85 bits per heavy atom. The number of hydrogen-bond donors (Lipinski definition) is 2. The summed E-state index contributed by atoms with van der Waals surface area (Å²) in [5.41, 5.74) is 0.877. The number of anilines is 1. The molecule has 0 radical (unpaired) electrons. The molecule has 0 aromatic carbocycles. The van der Waals surface area contributed by atoms with Crippen LogP contribution in [-0.2, 0) is 0 Å². The summed E-state index contributed by atoms with van der Waals surface area (Å²) < 4.78 is 4.91. The molecule has 1 aromatic rings. The Hall–Kier alpha value is -1.29. The fourth-order valence-corrected chi connectivity index (χ4v) is 0.871. The Kier molecular flexibility index (Phi) is 3.52. The first kappa shape index (κ1) is 9.80. The minimum Gasteiger partial charge on any atom is -0.481 e. The van der Waals surface area contributed by atoms with Crippen LogP contribution < -0.4 is 10.1 Å². The quantitative estimate of drug-likeness (QED) is 0.726. The van der Waals surface area contributed by atoms with Gasteiger partial charge in [0.1, 0.15) is 0 Å². The second kappa shape index (κ2) is 4.67. The molecule has 0 aliphatic carbocycles. The molecule has 0 saturated carbocycles. The molecule has 0 aliphatic heterocycles. The second-order valence-corrected chi connectivity index (χ2v) is 2.82. The number of aliphatic hydroxyl groups is 1. The van der Waals surface area contributed by atoms with Crippen molar-refractivity contribution < 1.29 is 9.84 Å². The average molecular weight is 182 g/mol. The molecule has 0 aliphatic rings. The highest BCUT2D eigenvalue weighted by atomic mass is 16.5. The predicted molar refractivity (Wildman–Crippen MR) is 51.0 cm³/mol. The van der Waals surface area contributed by atoms with Gasteiger partial charge in [-0.25, -0.2) is 4.98 Å². The van der Waals surface area contributed by atoms with E-state index < -0.39 is 0 Å². The number of nitrogens with zero attached hydrogens (tertiary/aromatic N) is 1. The Morgan fingerprint density at radius 1 is 1.62 bits per heavy atom. The third-order valence-corrected chi connectivity index (χ3v) is 1.55. The van der Waals surface area contributed by atoms with Crippen LogP contribution in [0.3, 0.4) is 0 Å². The van der Waals surface area contributed by atoms with Gasteiger partial charge in [-0.2, -0.15) is 0 Å². The molecule has 0 amide bonds. The van der Waals surface area contributed by atoms with Crippen molar-refractivity contribution in [3.8, 4) is 5.88 Å². The highest BCUT2D eigenvalue weighted by molar-refractivity contribution is 5.41. The van der Waals surface area contributed by atoms with E-state index in [2.05, 4.69) is 10.3 Å². The van der Waals surface area contributed by atoms with Crippen molar-refractivity contribution in [3.63, 3.8) is 0 Å². The molecule has 0 spiro atoms. The summed E-state index contributed by atoms with van der Waals surface area (Å²) in [6.07, 6.45) is 1.31. The average Bonchev–Trinajstić information content (AvgIpc) is 2.15. The number of methoxy groups -OCH3 is 1. The topological polar surface area (TPSA) is 54.4 Å². The van der Waals surface area contributed by atoms with Gasteiger partial charge in [-0.3, -0.25) is 0 Å². The number of pyridine rings is 1. The van der Waals surface area contributed by atoms with Gasteiger partial charge in [-0.15, -0.1) is 0 Å². The van der Waals surface area contributed by atoms with E-state index in [9.17, 15) is 0 Å². The molecule has 4 heteroatoms. The molecule has 72 valence electrons. The minimum atomic E-state index is -0.359. The summed E-state index contributed by atoms with van der Waals surface area (Å²) >= 11 is 0. The standard InChI is InChI=1S/C9H14N2O2/c1-7(12)5-10-8-3-4-9(13-2)11-6-8/h3-4,6-7,10,12H,5H2,1-2H3/t7-/m0/s1. The van der Waals surface area contributed by atoms with Crippen molar-refractivity contribution in [1.82, 2.24) is 4.98 Å². The van der Waals surface area contributed by atoms with Crippen LogP contribution in [0.5, 0.6) is 5.88 Å². The number of aromatic nitrogens is 1. The molecule has 13 heavy (non-hydrogen) atoms. The predicted octanol–water partition coefficient (Wildman–Crippen LogP) is 0.883. The lowest BCUT2D eigenvalue weighted by Crippen LogP contribution is -2.15. The summed E-state index contributed by atoms with van der Waals surface area (Å²) in [6, 6.07) is 3.62. The maximum absolute atomic E-state index is 9.01. The molecule has 0 bridgehead atoms. The summed E-state index contributed by atoms with van der Waals surface area (Å²) in [5.74, 6) is 0.586. The fourth-order valence-electron chi connectivity index (χ4n) is 0.871. The lowest BCUT2D eigenvalue weighted by Gasteiger charge is -2.07. The molecule has 1 heterocycles. The molecular formula is C9H14N2O2. The smallest absolute Gasteiger partial charge is 0.213 e. The third kappa shape index (κ3) is 3.29. The van der Waals surface area contributed by atoms with E-state index in [4.69, 9.17) is 9.84 Å². The van der Waals surface area contributed by atoms with Crippen LogP contribution in [-0.4, -0.2) is 29.8 Å². The van der Waals surface area contributed by atoms with Crippen molar-refractivity contribution in [2.45, 2.75) is 13.0 Å². The van der Waals surface area contributed by atoms with Crippen LogP contribution in [0.4, 0.5) is 5.69 Å². The van der Waals surface area contributed by atoms with Crippen molar-refractivity contribution in [1.29, 1.82) is 0 Å². The first-order chi connectivity index (χ1) is 6.22. The minimum absolute atomic E-state index is 0.359. The van der Waals surface area contributed by atoms with E-state index in [1.807, 2.05) is 6.07 Å². The molecule has 0 unspecified atom stereocenters. The van der Waals surface area contributed by atoms with E-state index in [0.29, 0.717) is 12.4 Å². The van der Waals surface area contributed by atoms with Gasteiger partial charge in [0.05, 0.1) is 25.1 Å². The Balaban J connectivity index is 2.49. The zero-order valence-corrected chi connectivity index (χ0v) is 7.82.